The van der Waals surface area contributed by atoms with Gasteiger partial charge in [-0.25, -0.2) is 4.79 Å². The lowest BCUT2D eigenvalue weighted by Crippen LogP contribution is -2.24. The van der Waals surface area contributed by atoms with Gasteiger partial charge in [-0.2, -0.15) is 0 Å². The van der Waals surface area contributed by atoms with Gasteiger partial charge in [0.1, 0.15) is 37.9 Å². The van der Waals surface area contributed by atoms with Gasteiger partial charge in [-0.05, 0) is 63.1 Å². The van der Waals surface area contributed by atoms with E-state index in [9.17, 15) is 9.59 Å². The molecular weight excluding hydrogens is 396 g/mol. The Hall–Kier alpha value is -3.28. The zero-order valence-corrected chi connectivity index (χ0v) is 18.6. The fraction of sp³-hybridized carbons (Fsp3) is 0.360. The standard InChI is InChI=1S/C25H30O6/c1-18(2)23(26)30-16-14-28-21-10-6-19(7-11-21)20-8-12-22(13-9-20)29-15-17-31-24(27)25(3,4)5/h6-13H,1,14-17H2,2-5H3. The van der Waals surface area contributed by atoms with Crippen LogP contribution in [0.2, 0.25) is 0 Å². The lowest BCUT2D eigenvalue weighted by Gasteiger charge is -2.16. The van der Waals surface area contributed by atoms with Crippen molar-refractivity contribution in [3.05, 3.63) is 60.7 Å². The van der Waals surface area contributed by atoms with Gasteiger partial charge in [-0.3, -0.25) is 4.79 Å². The number of carbonyl (C=O) groups is 2. The zero-order chi connectivity index (χ0) is 22.9. The van der Waals surface area contributed by atoms with Crippen LogP contribution in [0.15, 0.2) is 60.7 Å². The number of benzene rings is 2. The first kappa shape index (κ1) is 24.0. The molecule has 0 aliphatic carbocycles. The van der Waals surface area contributed by atoms with Crippen molar-refractivity contribution in [2.75, 3.05) is 26.4 Å². The monoisotopic (exact) mass is 426 g/mol. The fourth-order valence-corrected chi connectivity index (χ4v) is 2.41. The molecule has 0 bridgehead atoms. The zero-order valence-electron chi connectivity index (χ0n) is 18.6. The molecule has 2 aromatic carbocycles. The van der Waals surface area contributed by atoms with Crippen LogP contribution in [0.4, 0.5) is 0 Å². The second-order valence-corrected chi connectivity index (χ2v) is 8.05. The molecule has 2 aromatic rings. The Morgan fingerprint density at radius 1 is 0.742 bits per heavy atom. The summed E-state index contributed by atoms with van der Waals surface area (Å²) in [5.74, 6) is 0.740. The molecule has 0 aromatic heterocycles. The van der Waals surface area contributed by atoms with Crippen molar-refractivity contribution in [2.45, 2.75) is 27.7 Å². The van der Waals surface area contributed by atoms with Gasteiger partial charge < -0.3 is 18.9 Å². The van der Waals surface area contributed by atoms with E-state index in [2.05, 4.69) is 6.58 Å². The van der Waals surface area contributed by atoms with E-state index in [1.165, 1.54) is 0 Å². The van der Waals surface area contributed by atoms with Crippen LogP contribution in [0.5, 0.6) is 11.5 Å². The highest BCUT2D eigenvalue weighted by Crippen LogP contribution is 2.24. The SMILES string of the molecule is C=C(C)C(=O)OCCOc1ccc(-c2ccc(OCCOC(=O)C(C)(C)C)cc2)cc1. The molecule has 0 fully saturated rings. The summed E-state index contributed by atoms with van der Waals surface area (Å²) in [5.41, 5.74) is 1.92. The third-order valence-electron chi connectivity index (χ3n) is 4.17. The van der Waals surface area contributed by atoms with Crippen LogP contribution >= 0.6 is 0 Å². The number of carbonyl (C=O) groups excluding carboxylic acids is 2. The molecule has 2 rings (SSSR count). The Kier molecular flexibility index (Phi) is 8.67. The molecule has 166 valence electrons. The summed E-state index contributed by atoms with van der Waals surface area (Å²) >= 11 is 0. The molecule has 0 spiro atoms. The Bertz CT molecular complexity index is 876. The third kappa shape index (κ3) is 8.16. The Morgan fingerprint density at radius 2 is 1.16 bits per heavy atom. The summed E-state index contributed by atoms with van der Waals surface area (Å²) in [5, 5.41) is 0. The molecule has 6 heteroatoms. The quantitative estimate of drug-likeness (QED) is 0.308. The molecule has 0 aliphatic heterocycles. The number of esters is 2. The van der Waals surface area contributed by atoms with Crippen molar-refractivity contribution in [1.82, 2.24) is 0 Å². The van der Waals surface area contributed by atoms with Crippen molar-refractivity contribution in [3.63, 3.8) is 0 Å². The second kappa shape index (κ2) is 11.2. The maximum Gasteiger partial charge on any atom is 0.333 e. The largest absolute Gasteiger partial charge is 0.490 e. The minimum absolute atomic E-state index is 0.171. The van der Waals surface area contributed by atoms with E-state index < -0.39 is 11.4 Å². The third-order valence-corrected chi connectivity index (χ3v) is 4.17. The normalized spacial score (nSPS) is 10.8. The second-order valence-electron chi connectivity index (χ2n) is 8.05. The molecule has 0 amide bonds. The molecule has 0 unspecified atom stereocenters. The lowest BCUT2D eigenvalue weighted by molar-refractivity contribution is -0.153. The molecule has 31 heavy (non-hydrogen) atoms. The molecule has 0 atom stereocenters. The summed E-state index contributed by atoms with van der Waals surface area (Å²) in [4.78, 5) is 23.0. The van der Waals surface area contributed by atoms with Crippen molar-refractivity contribution in [1.29, 1.82) is 0 Å². The van der Waals surface area contributed by atoms with Crippen LogP contribution in [0, 0.1) is 5.41 Å². The van der Waals surface area contributed by atoms with Crippen molar-refractivity contribution < 1.29 is 28.5 Å². The average molecular weight is 427 g/mol. The summed E-state index contributed by atoms with van der Waals surface area (Å²) < 4.78 is 21.4. The highest BCUT2D eigenvalue weighted by molar-refractivity contribution is 5.86. The molecule has 0 heterocycles. The van der Waals surface area contributed by atoms with Gasteiger partial charge in [0, 0.05) is 5.57 Å². The molecule has 0 saturated heterocycles. The highest BCUT2D eigenvalue weighted by atomic mass is 16.6. The topological polar surface area (TPSA) is 71.1 Å². The Labute approximate surface area is 183 Å². The average Bonchev–Trinajstić information content (AvgIpc) is 2.74. The minimum Gasteiger partial charge on any atom is -0.490 e. The predicted octanol–water partition coefficient (Wildman–Crippen LogP) is 4.82. The Balaban J connectivity index is 1.77. The first-order valence-corrected chi connectivity index (χ1v) is 10.1. The van der Waals surface area contributed by atoms with Gasteiger partial charge >= 0.3 is 11.9 Å². The van der Waals surface area contributed by atoms with Gasteiger partial charge in [0.25, 0.3) is 0 Å². The molecule has 0 aliphatic rings. The van der Waals surface area contributed by atoms with E-state index in [1.807, 2.05) is 69.3 Å². The molecule has 0 saturated carbocycles. The van der Waals surface area contributed by atoms with Crippen molar-refractivity contribution in [2.24, 2.45) is 5.41 Å². The van der Waals surface area contributed by atoms with Gasteiger partial charge in [-0.1, -0.05) is 30.8 Å². The fourth-order valence-electron chi connectivity index (χ4n) is 2.41. The van der Waals surface area contributed by atoms with Crippen LogP contribution in [-0.4, -0.2) is 38.4 Å². The van der Waals surface area contributed by atoms with Crippen LogP contribution in [0.25, 0.3) is 11.1 Å². The molecule has 0 N–H and O–H groups in total. The smallest absolute Gasteiger partial charge is 0.333 e. The van der Waals surface area contributed by atoms with Crippen LogP contribution in [0.3, 0.4) is 0 Å². The van der Waals surface area contributed by atoms with Crippen LogP contribution in [-0.2, 0) is 19.1 Å². The van der Waals surface area contributed by atoms with E-state index in [1.54, 1.807) is 6.92 Å². The number of ether oxygens (including phenoxy) is 4. The van der Waals surface area contributed by atoms with Crippen LogP contribution in [0.1, 0.15) is 27.7 Å². The van der Waals surface area contributed by atoms with Crippen LogP contribution < -0.4 is 9.47 Å². The summed E-state index contributed by atoms with van der Waals surface area (Å²) in [7, 11) is 0. The van der Waals surface area contributed by atoms with E-state index >= 15 is 0 Å². The summed E-state index contributed by atoms with van der Waals surface area (Å²) in [6, 6.07) is 15.3. The molecule has 6 nitrogen and oxygen atoms in total. The molecule has 0 radical (unpaired) electrons. The number of hydrogen-bond donors (Lipinski definition) is 0. The van der Waals surface area contributed by atoms with Gasteiger partial charge in [0.2, 0.25) is 0 Å². The number of hydrogen-bond acceptors (Lipinski definition) is 6. The van der Waals surface area contributed by atoms with Gasteiger partial charge in [-0.15, -0.1) is 0 Å². The maximum atomic E-state index is 11.7. The lowest BCUT2D eigenvalue weighted by atomic mass is 9.97. The minimum atomic E-state index is -0.514. The van der Waals surface area contributed by atoms with E-state index in [0.29, 0.717) is 23.7 Å². The summed E-state index contributed by atoms with van der Waals surface area (Å²) in [6.07, 6.45) is 0. The Morgan fingerprint density at radius 3 is 1.55 bits per heavy atom. The predicted molar refractivity (Wildman–Crippen MR) is 119 cm³/mol. The van der Waals surface area contributed by atoms with E-state index in [-0.39, 0.29) is 25.8 Å². The van der Waals surface area contributed by atoms with Gasteiger partial charge in [0.05, 0.1) is 5.41 Å². The highest BCUT2D eigenvalue weighted by Gasteiger charge is 2.22. The van der Waals surface area contributed by atoms with Gasteiger partial charge in [0.15, 0.2) is 0 Å². The first-order valence-electron chi connectivity index (χ1n) is 10.1. The first-order chi connectivity index (χ1) is 14.7. The van der Waals surface area contributed by atoms with E-state index in [0.717, 1.165) is 11.1 Å². The number of rotatable bonds is 10. The van der Waals surface area contributed by atoms with E-state index in [4.69, 9.17) is 18.9 Å². The molecular formula is C25H30O6. The maximum absolute atomic E-state index is 11.7. The van der Waals surface area contributed by atoms with Crippen molar-refractivity contribution >= 4 is 11.9 Å². The van der Waals surface area contributed by atoms with Crippen molar-refractivity contribution in [3.8, 4) is 22.6 Å². The summed E-state index contributed by atoms with van der Waals surface area (Å²) in [6.45, 7) is 11.5.